The predicted molar refractivity (Wildman–Crippen MR) is 145 cm³/mol. The Labute approximate surface area is 216 Å². The number of ether oxygens (including phenoxy) is 1. The summed E-state index contributed by atoms with van der Waals surface area (Å²) in [6, 6.07) is 27.0. The highest BCUT2D eigenvalue weighted by molar-refractivity contribution is 5.97. The summed E-state index contributed by atoms with van der Waals surface area (Å²) in [5.41, 5.74) is 8.76. The summed E-state index contributed by atoms with van der Waals surface area (Å²) in [4.78, 5) is 20.2. The fraction of sp³-hybridized carbons (Fsp3) is 0.188. The maximum atomic E-state index is 13.5. The van der Waals surface area contributed by atoms with Gasteiger partial charge < -0.3 is 14.0 Å². The zero-order valence-corrected chi connectivity index (χ0v) is 20.9. The topological polar surface area (TPSA) is 46.8 Å². The van der Waals surface area contributed by atoms with Crippen LogP contribution in [-0.2, 0) is 16.8 Å². The second-order valence-electron chi connectivity index (χ2n) is 10.00. The molecule has 0 radical (unpaired) electrons. The van der Waals surface area contributed by atoms with E-state index >= 15 is 0 Å². The first-order valence-electron chi connectivity index (χ1n) is 12.8. The van der Waals surface area contributed by atoms with Crippen LogP contribution in [-0.4, -0.2) is 28.9 Å². The molecule has 0 aliphatic carbocycles. The van der Waals surface area contributed by atoms with Gasteiger partial charge in [0.2, 0.25) is 0 Å². The van der Waals surface area contributed by atoms with Gasteiger partial charge in [-0.2, -0.15) is 0 Å². The third-order valence-corrected chi connectivity index (χ3v) is 7.97. The molecule has 5 aromatic rings. The van der Waals surface area contributed by atoms with E-state index in [1.165, 1.54) is 11.3 Å². The van der Waals surface area contributed by atoms with Gasteiger partial charge in [0.1, 0.15) is 0 Å². The zero-order chi connectivity index (χ0) is 25.1. The highest BCUT2D eigenvalue weighted by Crippen LogP contribution is 2.53. The largest absolute Gasteiger partial charge is 0.439 e. The number of benzene rings is 2. The molecule has 0 N–H and O–H groups in total. The van der Waals surface area contributed by atoms with E-state index in [-0.39, 0.29) is 0 Å². The van der Waals surface area contributed by atoms with Crippen molar-refractivity contribution in [3.05, 3.63) is 125 Å². The summed E-state index contributed by atoms with van der Waals surface area (Å²) in [5.74, 6) is -0.391. The standard InChI is InChI=1S/C32H27N3O2/c1-21-28(22-10-4-3-5-11-22)29(27-14-6-7-19-35(21)27)32(25-13-8-17-33-30(25)31(36)37-32)24-15-16-26-23(20-24)12-9-18-34(26)2/h3-8,10-11,13-17,19-20H,9,12,18H2,1-2H3. The lowest BCUT2D eigenvalue weighted by molar-refractivity contribution is 0.0254. The molecule has 5 heterocycles. The lowest BCUT2D eigenvalue weighted by atomic mass is 9.77. The summed E-state index contributed by atoms with van der Waals surface area (Å²) < 4.78 is 8.77. The molecule has 0 saturated heterocycles. The Kier molecular flexibility index (Phi) is 4.77. The van der Waals surface area contributed by atoms with Crippen LogP contribution in [0.4, 0.5) is 5.69 Å². The number of fused-ring (bicyclic) bond motifs is 3. The van der Waals surface area contributed by atoms with Gasteiger partial charge in [0, 0.05) is 59.6 Å². The number of aryl methyl sites for hydroxylation is 2. The van der Waals surface area contributed by atoms with Gasteiger partial charge in [-0.15, -0.1) is 0 Å². The van der Waals surface area contributed by atoms with E-state index in [2.05, 4.69) is 83.0 Å². The molecule has 2 aromatic carbocycles. The first-order chi connectivity index (χ1) is 18.1. The van der Waals surface area contributed by atoms with Crippen molar-refractivity contribution in [2.24, 2.45) is 0 Å². The number of hydrogen-bond donors (Lipinski definition) is 0. The number of pyridine rings is 2. The number of esters is 1. The number of carbonyl (C=O) groups excluding carboxylic acids is 1. The van der Waals surface area contributed by atoms with Crippen molar-refractivity contribution in [2.75, 3.05) is 18.5 Å². The predicted octanol–water partition coefficient (Wildman–Crippen LogP) is 6.15. The molecule has 182 valence electrons. The smallest absolute Gasteiger partial charge is 0.358 e. The Bertz CT molecular complexity index is 1690. The van der Waals surface area contributed by atoms with Crippen LogP contribution in [0.15, 0.2) is 91.3 Å². The maximum Gasteiger partial charge on any atom is 0.358 e. The summed E-state index contributed by atoms with van der Waals surface area (Å²) >= 11 is 0. The number of anilines is 1. The Morgan fingerprint density at radius 1 is 0.973 bits per heavy atom. The van der Waals surface area contributed by atoms with E-state index in [0.717, 1.165) is 58.4 Å². The van der Waals surface area contributed by atoms with Crippen LogP contribution < -0.4 is 4.90 Å². The Morgan fingerprint density at radius 2 is 1.81 bits per heavy atom. The highest BCUT2D eigenvalue weighted by atomic mass is 16.6. The molecule has 0 saturated carbocycles. The number of rotatable bonds is 3. The van der Waals surface area contributed by atoms with Crippen LogP contribution in [0.1, 0.15) is 44.9 Å². The van der Waals surface area contributed by atoms with Crippen molar-refractivity contribution in [1.82, 2.24) is 9.38 Å². The maximum absolute atomic E-state index is 13.5. The average Bonchev–Trinajstić information content (AvgIpc) is 3.41. The number of aromatic nitrogens is 2. The third-order valence-electron chi connectivity index (χ3n) is 7.97. The van der Waals surface area contributed by atoms with Gasteiger partial charge in [-0.3, -0.25) is 0 Å². The molecule has 0 spiro atoms. The molecule has 5 heteroatoms. The van der Waals surface area contributed by atoms with Gasteiger partial charge in [-0.25, -0.2) is 9.78 Å². The van der Waals surface area contributed by atoms with Crippen molar-refractivity contribution in [1.29, 1.82) is 0 Å². The number of carbonyl (C=O) groups is 1. The first kappa shape index (κ1) is 21.9. The normalized spacial score (nSPS) is 18.5. The minimum absolute atomic E-state index is 0.379. The third kappa shape index (κ3) is 3.03. The summed E-state index contributed by atoms with van der Waals surface area (Å²) in [6.07, 6.45) is 5.84. The highest BCUT2D eigenvalue weighted by Gasteiger charge is 2.52. The van der Waals surface area contributed by atoms with Crippen molar-refractivity contribution in [2.45, 2.75) is 25.4 Å². The molecule has 7 rings (SSSR count). The molecule has 2 aliphatic heterocycles. The Morgan fingerprint density at radius 3 is 2.68 bits per heavy atom. The molecule has 1 atom stereocenters. The van der Waals surface area contributed by atoms with Crippen molar-refractivity contribution in [3.63, 3.8) is 0 Å². The van der Waals surface area contributed by atoms with Crippen LogP contribution in [0.5, 0.6) is 0 Å². The molecule has 0 fully saturated rings. The lowest BCUT2D eigenvalue weighted by Crippen LogP contribution is -2.31. The summed E-state index contributed by atoms with van der Waals surface area (Å²) in [5, 5.41) is 0. The molecule has 0 amide bonds. The van der Waals surface area contributed by atoms with Crippen LogP contribution in [0.2, 0.25) is 0 Å². The van der Waals surface area contributed by atoms with Crippen molar-refractivity contribution in [3.8, 4) is 11.1 Å². The molecule has 2 aliphatic rings. The molecular weight excluding hydrogens is 458 g/mol. The van der Waals surface area contributed by atoms with Gasteiger partial charge in [0.05, 0.1) is 5.52 Å². The second kappa shape index (κ2) is 8.07. The Balaban J connectivity index is 1.63. The minimum Gasteiger partial charge on any atom is -0.439 e. The number of hydrogen-bond acceptors (Lipinski definition) is 4. The monoisotopic (exact) mass is 485 g/mol. The lowest BCUT2D eigenvalue weighted by Gasteiger charge is -2.33. The van der Waals surface area contributed by atoms with Crippen molar-refractivity contribution >= 4 is 17.2 Å². The molecule has 37 heavy (non-hydrogen) atoms. The fourth-order valence-electron chi connectivity index (χ4n) is 6.33. The van der Waals surface area contributed by atoms with Crippen LogP contribution in [0, 0.1) is 6.92 Å². The molecule has 1 unspecified atom stereocenters. The molecule has 3 aromatic heterocycles. The SMILES string of the molecule is Cc1c(-c2ccccc2)c(C2(c3ccc4c(c3)CCCN4C)OC(=O)c3ncccc32)c2ccccn12. The van der Waals surface area contributed by atoms with E-state index < -0.39 is 11.6 Å². The van der Waals surface area contributed by atoms with E-state index in [1.54, 1.807) is 6.20 Å². The van der Waals surface area contributed by atoms with Gasteiger partial charge in [-0.1, -0.05) is 48.5 Å². The minimum atomic E-state index is -1.13. The summed E-state index contributed by atoms with van der Waals surface area (Å²) in [7, 11) is 2.14. The number of nitrogens with zero attached hydrogens (tertiary/aromatic N) is 3. The van der Waals surface area contributed by atoms with Crippen LogP contribution >= 0.6 is 0 Å². The average molecular weight is 486 g/mol. The molecule has 0 bridgehead atoms. The van der Waals surface area contributed by atoms with Crippen LogP contribution in [0.3, 0.4) is 0 Å². The van der Waals surface area contributed by atoms with E-state index in [0.29, 0.717) is 5.69 Å². The van der Waals surface area contributed by atoms with Gasteiger partial charge in [-0.05, 0) is 61.2 Å². The van der Waals surface area contributed by atoms with Gasteiger partial charge in [0.15, 0.2) is 11.3 Å². The molecule has 5 nitrogen and oxygen atoms in total. The summed E-state index contributed by atoms with van der Waals surface area (Å²) in [6.45, 7) is 3.18. The molecular formula is C32H27N3O2. The number of cyclic esters (lactones) is 1. The van der Waals surface area contributed by atoms with Crippen molar-refractivity contribution < 1.29 is 9.53 Å². The van der Waals surface area contributed by atoms with Gasteiger partial charge >= 0.3 is 5.97 Å². The van der Waals surface area contributed by atoms with Crippen LogP contribution in [0.25, 0.3) is 16.6 Å². The first-order valence-corrected chi connectivity index (χ1v) is 12.8. The zero-order valence-electron chi connectivity index (χ0n) is 20.9. The van der Waals surface area contributed by atoms with E-state index in [9.17, 15) is 4.79 Å². The van der Waals surface area contributed by atoms with E-state index in [1.807, 2.05) is 30.3 Å². The van der Waals surface area contributed by atoms with Gasteiger partial charge in [0.25, 0.3) is 0 Å². The fourth-order valence-corrected chi connectivity index (χ4v) is 6.33. The second-order valence-corrected chi connectivity index (χ2v) is 10.00. The quantitative estimate of drug-likeness (QED) is 0.288. The Hall–Kier alpha value is -4.38. The van der Waals surface area contributed by atoms with E-state index in [4.69, 9.17) is 4.74 Å².